The van der Waals surface area contributed by atoms with Crippen LogP contribution in [-0.2, 0) is 4.79 Å². The molecule has 0 aromatic heterocycles. The van der Waals surface area contributed by atoms with Crippen LogP contribution in [0.1, 0.15) is 20.3 Å². The molecule has 0 aliphatic heterocycles. The van der Waals surface area contributed by atoms with Gasteiger partial charge >= 0.3 is 0 Å². The molecule has 1 rings (SSSR count). The highest BCUT2D eigenvalue weighted by Crippen LogP contribution is 2.17. The van der Waals surface area contributed by atoms with E-state index in [0.717, 1.165) is 4.47 Å². The molecule has 2 atom stereocenters. The van der Waals surface area contributed by atoms with E-state index in [9.17, 15) is 9.90 Å². The van der Waals surface area contributed by atoms with Crippen molar-refractivity contribution >= 4 is 21.8 Å². The van der Waals surface area contributed by atoms with Gasteiger partial charge in [0, 0.05) is 10.5 Å². The van der Waals surface area contributed by atoms with E-state index in [2.05, 4.69) is 21.2 Å². The van der Waals surface area contributed by atoms with Gasteiger partial charge in [-0.05, 0) is 38.5 Å². The molecule has 18 heavy (non-hydrogen) atoms. The Morgan fingerprint density at radius 3 is 2.83 bits per heavy atom. The zero-order valence-electron chi connectivity index (χ0n) is 10.5. The van der Waals surface area contributed by atoms with E-state index in [1.165, 1.54) is 0 Å². The number of nitrogens with one attached hydrogen (secondary N) is 1. The van der Waals surface area contributed by atoms with Crippen LogP contribution in [0.15, 0.2) is 28.7 Å². The number of rotatable bonds is 6. The molecular formula is C13H18BrNO3. The highest BCUT2D eigenvalue weighted by molar-refractivity contribution is 9.10. The first-order valence-electron chi connectivity index (χ1n) is 5.83. The van der Waals surface area contributed by atoms with Crippen molar-refractivity contribution in [2.75, 3.05) is 6.61 Å². The molecule has 1 amide bonds. The maximum Gasteiger partial charge on any atom is 0.258 e. The van der Waals surface area contributed by atoms with Crippen molar-refractivity contribution in [2.24, 2.45) is 0 Å². The molecule has 0 spiro atoms. The number of hydrogen-bond donors (Lipinski definition) is 2. The van der Waals surface area contributed by atoms with Gasteiger partial charge in [0.05, 0.1) is 6.10 Å². The highest BCUT2D eigenvalue weighted by atomic mass is 79.9. The second-order valence-corrected chi connectivity index (χ2v) is 5.22. The van der Waals surface area contributed by atoms with Gasteiger partial charge < -0.3 is 15.2 Å². The molecule has 2 N–H and O–H groups in total. The summed E-state index contributed by atoms with van der Waals surface area (Å²) in [7, 11) is 0. The summed E-state index contributed by atoms with van der Waals surface area (Å²) in [5.41, 5.74) is 0. The first-order chi connectivity index (χ1) is 8.47. The van der Waals surface area contributed by atoms with Gasteiger partial charge in [0.2, 0.25) is 0 Å². The largest absolute Gasteiger partial charge is 0.484 e. The van der Waals surface area contributed by atoms with Crippen LogP contribution >= 0.6 is 15.9 Å². The Morgan fingerprint density at radius 2 is 2.22 bits per heavy atom. The lowest BCUT2D eigenvalue weighted by Gasteiger charge is -2.15. The van der Waals surface area contributed by atoms with Crippen molar-refractivity contribution in [1.82, 2.24) is 5.32 Å². The van der Waals surface area contributed by atoms with E-state index >= 15 is 0 Å². The molecule has 0 radical (unpaired) electrons. The minimum Gasteiger partial charge on any atom is -0.484 e. The average molecular weight is 316 g/mol. The third-order valence-corrected chi connectivity index (χ3v) is 2.76. The van der Waals surface area contributed by atoms with Gasteiger partial charge in [-0.2, -0.15) is 0 Å². The fourth-order valence-corrected chi connectivity index (χ4v) is 1.97. The van der Waals surface area contributed by atoms with Crippen LogP contribution in [0.5, 0.6) is 5.75 Å². The van der Waals surface area contributed by atoms with Crippen molar-refractivity contribution < 1.29 is 14.6 Å². The Bertz CT molecular complexity index is 396. The fourth-order valence-electron chi connectivity index (χ4n) is 1.59. The maximum atomic E-state index is 11.6. The summed E-state index contributed by atoms with van der Waals surface area (Å²) in [5.74, 6) is 0.450. The summed E-state index contributed by atoms with van der Waals surface area (Å²) < 4.78 is 6.26. The molecule has 1 aromatic rings. The maximum absolute atomic E-state index is 11.6. The molecule has 0 heterocycles. The minimum absolute atomic E-state index is 0.0272. The lowest BCUT2D eigenvalue weighted by atomic mass is 10.1. The Balaban J connectivity index is 2.33. The topological polar surface area (TPSA) is 58.6 Å². The zero-order valence-corrected chi connectivity index (χ0v) is 12.1. The van der Waals surface area contributed by atoms with E-state index in [-0.39, 0.29) is 18.6 Å². The monoisotopic (exact) mass is 315 g/mol. The summed E-state index contributed by atoms with van der Waals surface area (Å²) in [6, 6.07) is 7.25. The van der Waals surface area contributed by atoms with Crippen LogP contribution in [0.4, 0.5) is 0 Å². The van der Waals surface area contributed by atoms with Gasteiger partial charge in [-0.3, -0.25) is 4.79 Å². The number of carbonyl (C=O) groups excluding carboxylic acids is 1. The van der Waals surface area contributed by atoms with Gasteiger partial charge in [-0.1, -0.05) is 22.0 Å². The second kappa shape index (κ2) is 7.38. The van der Waals surface area contributed by atoms with Crippen LogP contribution in [0, 0.1) is 0 Å². The van der Waals surface area contributed by atoms with Gasteiger partial charge in [0.15, 0.2) is 6.61 Å². The van der Waals surface area contributed by atoms with E-state index in [1.54, 1.807) is 19.1 Å². The van der Waals surface area contributed by atoms with Crippen molar-refractivity contribution in [3.8, 4) is 5.75 Å². The Hall–Kier alpha value is -1.07. The second-order valence-electron chi connectivity index (χ2n) is 4.30. The first-order valence-corrected chi connectivity index (χ1v) is 6.62. The number of halogens is 1. The number of benzene rings is 1. The number of aliphatic hydroxyl groups is 1. The SMILES string of the molecule is CC(O)CC(C)NC(=O)COc1cccc(Br)c1. The van der Waals surface area contributed by atoms with Crippen molar-refractivity contribution in [1.29, 1.82) is 0 Å². The predicted molar refractivity (Wildman–Crippen MR) is 73.5 cm³/mol. The summed E-state index contributed by atoms with van der Waals surface area (Å²) >= 11 is 3.33. The quantitative estimate of drug-likeness (QED) is 0.845. The summed E-state index contributed by atoms with van der Waals surface area (Å²) in [4.78, 5) is 11.6. The van der Waals surface area contributed by atoms with Crippen molar-refractivity contribution in [3.05, 3.63) is 28.7 Å². The van der Waals surface area contributed by atoms with Gasteiger partial charge in [0.1, 0.15) is 5.75 Å². The third kappa shape index (κ3) is 6.02. The average Bonchev–Trinajstić information content (AvgIpc) is 2.25. The molecule has 0 bridgehead atoms. The molecule has 0 fully saturated rings. The minimum atomic E-state index is -0.425. The van der Waals surface area contributed by atoms with E-state index < -0.39 is 6.10 Å². The normalized spacial score (nSPS) is 13.8. The molecule has 1 aromatic carbocycles. The highest BCUT2D eigenvalue weighted by Gasteiger charge is 2.10. The molecule has 4 nitrogen and oxygen atoms in total. The van der Waals surface area contributed by atoms with Crippen molar-refractivity contribution in [3.63, 3.8) is 0 Å². The number of amides is 1. The molecule has 2 unspecified atom stereocenters. The first kappa shape index (κ1) is 15.0. The molecular weight excluding hydrogens is 298 g/mol. The van der Waals surface area contributed by atoms with Crippen LogP contribution in [-0.4, -0.2) is 29.8 Å². The third-order valence-electron chi connectivity index (χ3n) is 2.27. The number of carbonyl (C=O) groups is 1. The molecule has 0 saturated carbocycles. The Kier molecular flexibility index (Phi) is 6.15. The van der Waals surface area contributed by atoms with Crippen LogP contribution in [0.25, 0.3) is 0 Å². The van der Waals surface area contributed by atoms with Crippen LogP contribution in [0.3, 0.4) is 0 Å². The van der Waals surface area contributed by atoms with Crippen molar-refractivity contribution in [2.45, 2.75) is 32.4 Å². The zero-order chi connectivity index (χ0) is 13.5. The number of ether oxygens (including phenoxy) is 1. The Morgan fingerprint density at radius 1 is 1.50 bits per heavy atom. The van der Waals surface area contributed by atoms with Gasteiger partial charge in [-0.25, -0.2) is 0 Å². The lowest BCUT2D eigenvalue weighted by molar-refractivity contribution is -0.123. The molecule has 5 heteroatoms. The molecule has 100 valence electrons. The summed E-state index contributed by atoms with van der Waals surface area (Å²) in [6.45, 7) is 3.52. The molecule has 0 aliphatic rings. The number of aliphatic hydroxyl groups excluding tert-OH is 1. The predicted octanol–water partition coefficient (Wildman–Crippen LogP) is 2.10. The standard InChI is InChI=1S/C13H18BrNO3/c1-9(6-10(2)16)15-13(17)8-18-12-5-3-4-11(14)7-12/h3-5,7,9-10,16H,6,8H2,1-2H3,(H,15,17). The lowest BCUT2D eigenvalue weighted by Crippen LogP contribution is -2.37. The van der Waals surface area contributed by atoms with E-state index in [4.69, 9.17) is 4.74 Å². The Labute approximate surface area is 115 Å². The van der Waals surface area contributed by atoms with Crippen LogP contribution in [0.2, 0.25) is 0 Å². The smallest absolute Gasteiger partial charge is 0.258 e. The van der Waals surface area contributed by atoms with E-state index in [0.29, 0.717) is 12.2 Å². The van der Waals surface area contributed by atoms with Crippen LogP contribution < -0.4 is 10.1 Å². The van der Waals surface area contributed by atoms with Gasteiger partial charge in [0.25, 0.3) is 5.91 Å². The van der Waals surface area contributed by atoms with E-state index in [1.807, 2.05) is 19.1 Å². The summed E-state index contributed by atoms with van der Waals surface area (Å²) in [5, 5.41) is 11.9. The number of hydrogen-bond acceptors (Lipinski definition) is 3. The molecule has 0 saturated heterocycles. The van der Waals surface area contributed by atoms with Gasteiger partial charge in [-0.15, -0.1) is 0 Å². The molecule has 0 aliphatic carbocycles. The summed E-state index contributed by atoms with van der Waals surface area (Å²) in [6.07, 6.45) is 0.106. The fraction of sp³-hybridized carbons (Fsp3) is 0.462.